The van der Waals surface area contributed by atoms with E-state index in [4.69, 9.17) is 5.73 Å². The molecule has 3 N–H and O–H groups in total. The smallest absolute Gasteiger partial charge is 0.237 e. The number of nitrogens with one attached hydrogen (secondary N) is 1. The van der Waals surface area contributed by atoms with Crippen molar-refractivity contribution in [3.63, 3.8) is 0 Å². The summed E-state index contributed by atoms with van der Waals surface area (Å²) in [6, 6.07) is -0.512. The normalized spacial score (nSPS) is 13.9. The highest BCUT2D eigenvalue weighted by molar-refractivity contribution is 7.88. The molecule has 0 heterocycles. The molecule has 0 aromatic rings. The number of hydrogen-bond acceptors (Lipinski definition) is 4. The van der Waals surface area contributed by atoms with Gasteiger partial charge in [-0.05, 0) is 12.3 Å². The van der Waals surface area contributed by atoms with Crippen molar-refractivity contribution in [3.8, 4) is 0 Å². The molecule has 0 fully saturated rings. The second kappa shape index (κ2) is 7.70. The Morgan fingerprint density at radius 2 is 1.94 bits per heavy atom. The van der Waals surface area contributed by atoms with Crippen LogP contribution >= 0.6 is 0 Å². The molecule has 7 heteroatoms. The average molecular weight is 279 g/mol. The lowest BCUT2D eigenvalue weighted by Crippen LogP contribution is -2.44. The lowest BCUT2D eigenvalue weighted by Gasteiger charge is -2.19. The minimum absolute atomic E-state index is 0.0909. The van der Waals surface area contributed by atoms with Crippen molar-refractivity contribution < 1.29 is 13.2 Å². The van der Waals surface area contributed by atoms with Gasteiger partial charge in [-0.15, -0.1) is 0 Å². The Morgan fingerprint density at radius 1 is 1.39 bits per heavy atom. The van der Waals surface area contributed by atoms with E-state index in [9.17, 15) is 13.2 Å². The van der Waals surface area contributed by atoms with Gasteiger partial charge in [-0.25, -0.2) is 12.7 Å². The van der Waals surface area contributed by atoms with Crippen LogP contribution in [0.5, 0.6) is 0 Å². The quantitative estimate of drug-likeness (QED) is 0.600. The first-order chi connectivity index (χ1) is 8.20. The first-order valence-corrected chi connectivity index (χ1v) is 8.03. The van der Waals surface area contributed by atoms with E-state index < -0.39 is 16.1 Å². The van der Waals surface area contributed by atoms with Crippen LogP contribution in [-0.2, 0) is 14.8 Å². The van der Waals surface area contributed by atoms with Gasteiger partial charge in [0.15, 0.2) is 0 Å². The van der Waals surface area contributed by atoms with Crippen molar-refractivity contribution in [1.82, 2.24) is 9.62 Å². The summed E-state index contributed by atoms with van der Waals surface area (Å²) in [4.78, 5) is 11.5. The third-order valence-electron chi connectivity index (χ3n) is 2.73. The molecule has 0 saturated heterocycles. The fraction of sp³-hybridized carbons (Fsp3) is 0.909. The Morgan fingerprint density at radius 3 is 2.33 bits per heavy atom. The van der Waals surface area contributed by atoms with Crippen molar-refractivity contribution in [1.29, 1.82) is 0 Å². The number of rotatable bonds is 8. The Labute approximate surface area is 110 Å². The number of nitrogens with two attached hydrogens (primary N) is 1. The van der Waals surface area contributed by atoms with Gasteiger partial charge < -0.3 is 11.1 Å². The molecule has 1 atom stereocenters. The molecule has 0 aromatic heterocycles. The van der Waals surface area contributed by atoms with Gasteiger partial charge in [0, 0.05) is 19.6 Å². The molecular weight excluding hydrogens is 254 g/mol. The van der Waals surface area contributed by atoms with Crippen molar-refractivity contribution in [3.05, 3.63) is 0 Å². The summed E-state index contributed by atoms with van der Waals surface area (Å²) in [5.41, 5.74) is 5.68. The third-order valence-corrected chi connectivity index (χ3v) is 4.11. The number of nitrogens with zero attached hydrogens (tertiary/aromatic N) is 1. The maximum absolute atomic E-state index is 11.5. The monoisotopic (exact) mass is 279 g/mol. The van der Waals surface area contributed by atoms with Crippen molar-refractivity contribution in [2.24, 2.45) is 11.7 Å². The first-order valence-electron chi connectivity index (χ1n) is 6.18. The molecule has 0 radical (unpaired) electrons. The summed E-state index contributed by atoms with van der Waals surface area (Å²) < 4.78 is 24.0. The van der Waals surface area contributed by atoms with Crippen molar-refractivity contribution in [2.45, 2.75) is 33.2 Å². The van der Waals surface area contributed by atoms with E-state index in [0.29, 0.717) is 26.1 Å². The minimum Gasteiger partial charge on any atom is -0.355 e. The molecule has 1 amide bonds. The van der Waals surface area contributed by atoms with Crippen LogP contribution in [0.15, 0.2) is 0 Å². The van der Waals surface area contributed by atoms with Gasteiger partial charge in [0.25, 0.3) is 0 Å². The number of carbonyl (C=O) groups excluding carboxylic acids is 1. The second-order valence-electron chi connectivity index (χ2n) is 4.67. The first kappa shape index (κ1) is 17.3. The van der Waals surface area contributed by atoms with Crippen LogP contribution in [0.2, 0.25) is 0 Å². The topological polar surface area (TPSA) is 92.5 Å². The zero-order valence-corrected chi connectivity index (χ0v) is 12.5. The van der Waals surface area contributed by atoms with Gasteiger partial charge in [0.1, 0.15) is 0 Å². The Balaban J connectivity index is 3.97. The van der Waals surface area contributed by atoms with Crippen LogP contribution in [-0.4, -0.2) is 50.6 Å². The molecule has 0 aliphatic carbocycles. The molecule has 0 unspecified atom stereocenters. The number of hydrogen-bond donors (Lipinski definition) is 2. The summed E-state index contributed by atoms with van der Waals surface area (Å²) in [5, 5.41) is 2.71. The fourth-order valence-electron chi connectivity index (χ4n) is 1.45. The van der Waals surface area contributed by atoms with Gasteiger partial charge >= 0.3 is 0 Å². The van der Waals surface area contributed by atoms with Gasteiger partial charge in [-0.3, -0.25) is 4.79 Å². The summed E-state index contributed by atoms with van der Waals surface area (Å²) in [5.74, 6) is -0.0967. The molecule has 108 valence electrons. The van der Waals surface area contributed by atoms with E-state index in [1.165, 1.54) is 10.6 Å². The SMILES string of the molecule is CCN(CCCNC(=O)[C@H](N)C(C)C)S(C)(=O)=O. The van der Waals surface area contributed by atoms with E-state index in [1.54, 1.807) is 6.92 Å². The van der Waals surface area contributed by atoms with Gasteiger partial charge in [0.05, 0.1) is 12.3 Å². The predicted molar refractivity (Wildman–Crippen MR) is 72.5 cm³/mol. The van der Waals surface area contributed by atoms with E-state index in [1.807, 2.05) is 13.8 Å². The molecule has 6 nitrogen and oxygen atoms in total. The Hall–Kier alpha value is -0.660. The largest absolute Gasteiger partial charge is 0.355 e. The summed E-state index contributed by atoms with van der Waals surface area (Å²) in [6.45, 7) is 6.84. The fourth-order valence-corrected chi connectivity index (χ4v) is 2.38. The molecule has 0 aliphatic heterocycles. The average Bonchev–Trinajstić information content (AvgIpc) is 2.25. The van der Waals surface area contributed by atoms with Crippen LogP contribution in [0.4, 0.5) is 0 Å². The number of amides is 1. The standard InChI is InChI=1S/C11H25N3O3S/c1-5-14(18(4,16)17)8-6-7-13-11(15)10(12)9(2)3/h9-10H,5-8,12H2,1-4H3,(H,13,15)/t10-/m1/s1. The van der Waals surface area contributed by atoms with Gasteiger partial charge in [-0.1, -0.05) is 20.8 Å². The maximum Gasteiger partial charge on any atom is 0.237 e. The molecule has 0 aromatic carbocycles. The van der Waals surface area contributed by atoms with Crippen molar-refractivity contribution >= 4 is 15.9 Å². The second-order valence-corrected chi connectivity index (χ2v) is 6.65. The Kier molecular flexibility index (Phi) is 7.42. The summed E-state index contributed by atoms with van der Waals surface area (Å²) in [7, 11) is -3.15. The predicted octanol–water partition coefficient (Wildman–Crippen LogP) is -0.242. The van der Waals surface area contributed by atoms with Gasteiger partial charge in [-0.2, -0.15) is 0 Å². The van der Waals surface area contributed by atoms with Crippen molar-refractivity contribution in [2.75, 3.05) is 25.9 Å². The molecule has 0 spiro atoms. The summed E-state index contributed by atoms with van der Waals surface area (Å²) in [6.07, 6.45) is 1.77. The maximum atomic E-state index is 11.5. The van der Waals surface area contributed by atoms with Crippen LogP contribution < -0.4 is 11.1 Å². The molecule has 0 rings (SSSR count). The zero-order valence-electron chi connectivity index (χ0n) is 11.6. The van der Waals surface area contributed by atoms with Crippen LogP contribution in [0.3, 0.4) is 0 Å². The lowest BCUT2D eigenvalue weighted by molar-refractivity contribution is -0.123. The van der Waals surface area contributed by atoms with E-state index in [2.05, 4.69) is 5.32 Å². The van der Waals surface area contributed by atoms with Gasteiger partial charge in [0.2, 0.25) is 15.9 Å². The highest BCUT2D eigenvalue weighted by Gasteiger charge is 2.17. The molecule has 0 saturated carbocycles. The highest BCUT2D eigenvalue weighted by atomic mass is 32.2. The molecule has 0 bridgehead atoms. The number of carbonyl (C=O) groups is 1. The minimum atomic E-state index is -3.15. The molecule has 0 aliphatic rings. The van der Waals surface area contributed by atoms with E-state index >= 15 is 0 Å². The molecule has 18 heavy (non-hydrogen) atoms. The van der Waals surface area contributed by atoms with E-state index in [-0.39, 0.29) is 11.8 Å². The summed E-state index contributed by atoms with van der Waals surface area (Å²) >= 11 is 0. The highest BCUT2D eigenvalue weighted by Crippen LogP contribution is 2.00. The third kappa shape index (κ3) is 6.32. The Bertz CT molecular complexity index is 355. The van der Waals surface area contributed by atoms with E-state index in [0.717, 1.165) is 0 Å². The molecular formula is C11H25N3O3S. The van der Waals surface area contributed by atoms with Crippen LogP contribution in [0.1, 0.15) is 27.2 Å². The number of sulfonamides is 1. The van der Waals surface area contributed by atoms with Crippen LogP contribution in [0.25, 0.3) is 0 Å². The zero-order chi connectivity index (χ0) is 14.3. The lowest BCUT2D eigenvalue weighted by atomic mass is 10.1. The van der Waals surface area contributed by atoms with Crippen LogP contribution in [0, 0.1) is 5.92 Å².